The van der Waals surface area contributed by atoms with Gasteiger partial charge in [0.05, 0.1) is 5.69 Å². The van der Waals surface area contributed by atoms with Gasteiger partial charge < -0.3 is 5.32 Å². The number of hydrogen-bond acceptors (Lipinski definition) is 3. The van der Waals surface area contributed by atoms with Crippen molar-refractivity contribution in [2.45, 2.75) is 18.8 Å². The molecule has 0 amide bonds. The molecular formula is C14H18N4. The first-order chi connectivity index (χ1) is 8.84. The summed E-state index contributed by atoms with van der Waals surface area (Å²) in [6, 6.07) is 6.22. The van der Waals surface area contributed by atoms with Crippen LogP contribution in [0.15, 0.2) is 30.6 Å². The molecule has 0 aromatic carbocycles. The summed E-state index contributed by atoms with van der Waals surface area (Å²) < 4.78 is 2.03. The molecular weight excluding hydrogens is 224 g/mol. The summed E-state index contributed by atoms with van der Waals surface area (Å²) in [7, 11) is 2.04. The predicted molar refractivity (Wildman–Crippen MR) is 71.3 cm³/mol. The van der Waals surface area contributed by atoms with Gasteiger partial charge in [0.15, 0.2) is 0 Å². The van der Waals surface area contributed by atoms with E-state index in [9.17, 15) is 0 Å². The van der Waals surface area contributed by atoms with Crippen molar-refractivity contribution in [3.8, 4) is 11.3 Å². The molecule has 4 heteroatoms. The van der Waals surface area contributed by atoms with Crippen LogP contribution >= 0.6 is 0 Å². The largest absolute Gasteiger partial charge is 0.317 e. The van der Waals surface area contributed by atoms with Gasteiger partial charge in [0.1, 0.15) is 0 Å². The average molecular weight is 242 g/mol. The van der Waals surface area contributed by atoms with Gasteiger partial charge in [-0.15, -0.1) is 0 Å². The van der Waals surface area contributed by atoms with Crippen LogP contribution in [0.25, 0.3) is 11.3 Å². The van der Waals surface area contributed by atoms with Gasteiger partial charge in [-0.05, 0) is 44.1 Å². The van der Waals surface area contributed by atoms with Gasteiger partial charge in [0, 0.05) is 36.6 Å². The minimum atomic E-state index is 0.633. The van der Waals surface area contributed by atoms with Crippen LogP contribution in [-0.4, -0.2) is 27.9 Å². The highest BCUT2D eigenvalue weighted by molar-refractivity contribution is 5.58. The van der Waals surface area contributed by atoms with Crippen LogP contribution in [-0.2, 0) is 7.05 Å². The number of rotatable bonds is 2. The van der Waals surface area contributed by atoms with E-state index in [-0.39, 0.29) is 0 Å². The van der Waals surface area contributed by atoms with Gasteiger partial charge in [-0.2, -0.15) is 5.10 Å². The Bertz CT molecular complexity index is 512. The molecule has 94 valence electrons. The minimum absolute atomic E-state index is 0.633. The molecule has 0 saturated carbocycles. The smallest absolute Gasteiger partial charge is 0.0941 e. The Balaban J connectivity index is 1.91. The number of aromatic nitrogens is 3. The number of aryl methyl sites for hydroxylation is 1. The number of pyridine rings is 1. The first kappa shape index (κ1) is 11.4. The van der Waals surface area contributed by atoms with Crippen LogP contribution < -0.4 is 5.32 Å². The van der Waals surface area contributed by atoms with E-state index in [0.29, 0.717) is 5.92 Å². The lowest BCUT2D eigenvalue weighted by atomic mass is 9.94. The molecule has 0 spiro atoms. The van der Waals surface area contributed by atoms with Crippen molar-refractivity contribution in [2.75, 3.05) is 13.1 Å². The second-order valence-corrected chi connectivity index (χ2v) is 4.84. The molecule has 0 aliphatic carbocycles. The van der Waals surface area contributed by atoms with Gasteiger partial charge >= 0.3 is 0 Å². The van der Waals surface area contributed by atoms with E-state index in [2.05, 4.69) is 27.5 Å². The summed E-state index contributed by atoms with van der Waals surface area (Å²) in [6.45, 7) is 2.22. The fourth-order valence-corrected chi connectivity index (χ4v) is 2.64. The predicted octanol–water partition coefficient (Wildman–Crippen LogP) is 1.95. The van der Waals surface area contributed by atoms with Crippen molar-refractivity contribution in [1.29, 1.82) is 0 Å². The summed E-state index contributed by atoms with van der Waals surface area (Å²) >= 11 is 0. The van der Waals surface area contributed by atoms with E-state index in [1.165, 1.54) is 18.5 Å². The molecule has 3 rings (SSSR count). The van der Waals surface area contributed by atoms with Crippen LogP contribution in [0.5, 0.6) is 0 Å². The van der Waals surface area contributed by atoms with Gasteiger partial charge in [-0.25, -0.2) is 0 Å². The summed E-state index contributed by atoms with van der Waals surface area (Å²) in [5.74, 6) is 0.633. The topological polar surface area (TPSA) is 42.7 Å². The average Bonchev–Trinajstić information content (AvgIpc) is 2.83. The van der Waals surface area contributed by atoms with E-state index < -0.39 is 0 Å². The molecule has 0 unspecified atom stereocenters. The second kappa shape index (κ2) is 4.90. The number of nitrogens with zero attached hydrogens (tertiary/aromatic N) is 3. The lowest BCUT2D eigenvalue weighted by molar-refractivity contribution is 0.440. The SMILES string of the molecule is Cn1nc(-c2cccnc2)cc1C1CCNCC1. The van der Waals surface area contributed by atoms with Gasteiger partial charge in [-0.3, -0.25) is 9.67 Å². The van der Waals surface area contributed by atoms with Gasteiger partial charge in [0.25, 0.3) is 0 Å². The maximum atomic E-state index is 4.61. The standard InChI is InChI=1S/C14H18N4/c1-18-14(11-4-7-15-8-5-11)9-13(17-18)12-3-2-6-16-10-12/h2-3,6,9-11,15H,4-5,7-8H2,1H3. The Labute approximate surface area is 107 Å². The fraction of sp³-hybridized carbons (Fsp3) is 0.429. The molecule has 4 nitrogen and oxygen atoms in total. The Morgan fingerprint density at radius 1 is 1.33 bits per heavy atom. The molecule has 1 N–H and O–H groups in total. The van der Waals surface area contributed by atoms with Crippen LogP contribution in [0.3, 0.4) is 0 Å². The number of hydrogen-bond donors (Lipinski definition) is 1. The van der Waals surface area contributed by atoms with Crippen molar-refractivity contribution in [3.05, 3.63) is 36.3 Å². The van der Waals surface area contributed by atoms with E-state index in [0.717, 1.165) is 24.3 Å². The van der Waals surface area contributed by atoms with E-state index in [1.54, 1.807) is 6.20 Å². The molecule has 18 heavy (non-hydrogen) atoms. The zero-order chi connectivity index (χ0) is 12.4. The quantitative estimate of drug-likeness (QED) is 0.875. The maximum Gasteiger partial charge on any atom is 0.0941 e. The molecule has 2 aromatic rings. The molecule has 1 fully saturated rings. The molecule has 1 saturated heterocycles. The van der Waals surface area contributed by atoms with Crippen molar-refractivity contribution in [1.82, 2.24) is 20.1 Å². The first-order valence-electron chi connectivity index (χ1n) is 6.49. The van der Waals surface area contributed by atoms with Crippen LogP contribution in [0.4, 0.5) is 0 Å². The van der Waals surface area contributed by atoms with Crippen molar-refractivity contribution in [3.63, 3.8) is 0 Å². The molecule has 3 heterocycles. The Morgan fingerprint density at radius 2 is 2.17 bits per heavy atom. The van der Waals surface area contributed by atoms with Crippen LogP contribution in [0.2, 0.25) is 0 Å². The lowest BCUT2D eigenvalue weighted by Gasteiger charge is -2.22. The zero-order valence-electron chi connectivity index (χ0n) is 10.6. The Kier molecular flexibility index (Phi) is 3.11. The monoisotopic (exact) mass is 242 g/mol. The highest BCUT2D eigenvalue weighted by Crippen LogP contribution is 2.28. The third kappa shape index (κ3) is 2.16. The first-order valence-corrected chi connectivity index (χ1v) is 6.49. The minimum Gasteiger partial charge on any atom is -0.317 e. The lowest BCUT2D eigenvalue weighted by Crippen LogP contribution is -2.27. The normalized spacial score (nSPS) is 16.9. The third-order valence-corrected chi connectivity index (χ3v) is 3.63. The maximum absolute atomic E-state index is 4.61. The molecule has 0 bridgehead atoms. The zero-order valence-corrected chi connectivity index (χ0v) is 10.6. The Morgan fingerprint density at radius 3 is 2.89 bits per heavy atom. The number of nitrogens with one attached hydrogen (secondary N) is 1. The van der Waals surface area contributed by atoms with Crippen LogP contribution in [0.1, 0.15) is 24.5 Å². The second-order valence-electron chi connectivity index (χ2n) is 4.84. The van der Waals surface area contributed by atoms with Gasteiger partial charge in [0.2, 0.25) is 0 Å². The highest BCUT2D eigenvalue weighted by Gasteiger charge is 2.19. The molecule has 0 radical (unpaired) electrons. The molecule has 2 aromatic heterocycles. The molecule has 1 aliphatic heterocycles. The van der Waals surface area contributed by atoms with Crippen molar-refractivity contribution >= 4 is 0 Å². The molecule has 1 aliphatic rings. The number of piperidine rings is 1. The van der Waals surface area contributed by atoms with Crippen molar-refractivity contribution < 1.29 is 0 Å². The van der Waals surface area contributed by atoms with Gasteiger partial charge in [-0.1, -0.05) is 0 Å². The summed E-state index contributed by atoms with van der Waals surface area (Å²) in [5.41, 5.74) is 3.46. The van der Waals surface area contributed by atoms with E-state index >= 15 is 0 Å². The van der Waals surface area contributed by atoms with Crippen molar-refractivity contribution in [2.24, 2.45) is 7.05 Å². The fourth-order valence-electron chi connectivity index (χ4n) is 2.64. The van der Waals surface area contributed by atoms with E-state index in [4.69, 9.17) is 0 Å². The van der Waals surface area contributed by atoms with E-state index in [1.807, 2.05) is 24.0 Å². The molecule has 0 atom stereocenters. The summed E-state index contributed by atoms with van der Waals surface area (Å²) in [6.07, 6.45) is 6.06. The van der Waals surface area contributed by atoms with Crippen LogP contribution in [0, 0.1) is 0 Å². The Hall–Kier alpha value is -1.68. The summed E-state index contributed by atoms with van der Waals surface area (Å²) in [5, 5.41) is 8.02. The highest BCUT2D eigenvalue weighted by atomic mass is 15.3. The third-order valence-electron chi connectivity index (χ3n) is 3.63. The summed E-state index contributed by atoms with van der Waals surface area (Å²) in [4.78, 5) is 4.15.